The highest BCUT2D eigenvalue weighted by atomic mass is 16.5. The van der Waals surface area contributed by atoms with Gasteiger partial charge in [0.05, 0.1) is 6.61 Å². The van der Waals surface area contributed by atoms with Crippen molar-refractivity contribution in [3.63, 3.8) is 0 Å². The van der Waals surface area contributed by atoms with Crippen LogP contribution >= 0.6 is 0 Å². The van der Waals surface area contributed by atoms with Crippen molar-refractivity contribution in [1.29, 1.82) is 0 Å². The van der Waals surface area contributed by atoms with Crippen LogP contribution in [0.1, 0.15) is 37.4 Å². The summed E-state index contributed by atoms with van der Waals surface area (Å²) in [4.78, 5) is 2.34. The van der Waals surface area contributed by atoms with Gasteiger partial charge in [-0.05, 0) is 45.0 Å². The van der Waals surface area contributed by atoms with Crippen molar-refractivity contribution < 1.29 is 4.74 Å². The first-order valence-electron chi connectivity index (χ1n) is 7.74. The Balaban J connectivity index is 2.62. The zero-order valence-electron chi connectivity index (χ0n) is 13.5. The minimum absolute atomic E-state index is 0.391. The van der Waals surface area contributed by atoms with Crippen LogP contribution in [-0.2, 0) is 4.74 Å². The first-order valence-corrected chi connectivity index (χ1v) is 7.74. The lowest BCUT2D eigenvalue weighted by molar-refractivity contribution is 0.119. The molecule has 0 fully saturated rings. The maximum absolute atomic E-state index is 5.43. The molecule has 0 amide bonds. The van der Waals surface area contributed by atoms with E-state index >= 15 is 0 Å². The van der Waals surface area contributed by atoms with Crippen molar-refractivity contribution in [3.05, 3.63) is 35.4 Å². The van der Waals surface area contributed by atoms with Gasteiger partial charge < -0.3 is 15.0 Å². The molecule has 0 spiro atoms. The van der Waals surface area contributed by atoms with E-state index in [0.29, 0.717) is 6.04 Å². The summed E-state index contributed by atoms with van der Waals surface area (Å²) >= 11 is 0. The third-order valence-electron chi connectivity index (χ3n) is 3.52. The highest BCUT2D eigenvalue weighted by Gasteiger charge is 2.14. The molecular formula is C17H30N2O. The number of benzene rings is 1. The quantitative estimate of drug-likeness (QED) is 0.666. The van der Waals surface area contributed by atoms with E-state index < -0.39 is 0 Å². The third-order valence-corrected chi connectivity index (χ3v) is 3.52. The van der Waals surface area contributed by atoms with Crippen LogP contribution in [0.5, 0.6) is 0 Å². The molecular weight excluding hydrogens is 248 g/mol. The van der Waals surface area contributed by atoms with Gasteiger partial charge in [-0.25, -0.2) is 0 Å². The summed E-state index contributed by atoms with van der Waals surface area (Å²) in [7, 11) is 2.16. The minimum atomic E-state index is 0.391. The second-order valence-corrected chi connectivity index (χ2v) is 5.32. The molecule has 0 bridgehead atoms. The van der Waals surface area contributed by atoms with Crippen LogP contribution in [0.3, 0.4) is 0 Å². The number of aryl methyl sites for hydroxylation is 1. The average molecular weight is 278 g/mol. The largest absolute Gasteiger partial charge is 0.380 e. The predicted molar refractivity (Wildman–Crippen MR) is 86.2 cm³/mol. The molecule has 20 heavy (non-hydrogen) atoms. The van der Waals surface area contributed by atoms with Gasteiger partial charge in [0, 0.05) is 25.7 Å². The van der Waals surface area contributed by atoms with Gasteiger partial charge in [-0.3, -0.25) is 0 Å². The number of nitrogens with zero attached hydrogens (tertiary/aromatic N) is 1. The van der Waals surface area contributed by atoms with Crippen LogP contribution < -0.4 is 5.32 Å². The fourth-order valence-electron chi connectivity index (χ4n) is 2.34. The normalized spacial score (nSPS) is 12.8. The van der Waals surface area contributed by atoms with Gasteiger partial charge in [0.2, 0.25) is 0 Å². The van der Waals surface area contributed by atoms with Crippen molar-refractivity contribution in [2.45, 2.75) is 33.2 Å². The summed E-state index contributed by atoms with van der Waals surface area (Å²) in [5.41, 5.74) is 2.77. The van der Waals surface area contributed by atoms with Crippen molar-refractivity contribution in [2.24, 2.45) is 0 Å². The third kappa shape index (κ3) is 6.04. The maximum atomic E-state index is 5.43. The van der Waals surface area contributed by atoms with Crippen LogP contribution in [0.15, 0.2) is 24.3 Å². The molecule has 1 unspecified atom stereocenters. The van der Waals surface area contributed by atoms with Gasteiger partial charge >= 0.3 is 0 Å². The summed E-state index contributed by atoms with van der Waals surface area (Å²) in [6, 6.07) is 9.05. The molecule has 1 N–H and O–H groups in total. The van der Waals surface area contributed by atoms with E-state index in [1.54, 1.807) is 0 Å². The molecule has 0 aliphatic heterocycles. The second-order valence-electron chi connectivity index (χ2n) is 5.32. The maximum Gasteiger partial charge on any atom is 0.0593 e. The van der Waals surface area contributed by atoms with E-state index in [2.05, 4.69) is 55.4 Å². The fraction of sp³-hybridized carbons (Fsp3) is 0.647. The zero-order chi connectivity index (χ0) is 14.8. The summed E-state index contributed by atoms with van der Waals surface area (Å²) in [5, 5.41) is 3.67. The molecule has 0 radical (unpaired) electrons. The number of rotatable bonds is 10. The number of ether oxygens (including phenoxy) is 1. The monoisotopic (exact) mass is 278 g/mol. The first kappa shape index (κ1) is 17.2. The molecule has 1 aromatic rings. The van der Waals surface area contributed by atoms with Gasteiger partial charge in [0.25, 0.3) is 0 Å². The van der Waals surface area contributed by atoms with Gasteiger partial charge in [-0.15, -0.1) is 0 Å². The van der Waals surface area contributed by atoms with Crippen LogP contribution in [0.25, 0.3) is 0 Å². The molecule has 1 atom stereocenters. The average Bonchev–Trinajstić information content (AvgIpc) is 2.44. The molecule has 1 rings (SSSR count). The number of likely N-dealkylation sites (N-methyl/N-ethyl adjacent to an activating group) is 1. The number of hydrogen-bond donors (Lipinski definition) is 1. The SMILES string of the molecule is CCCNC(CN(C)CCOCC)c1ccccc1C. The Morgan fingerprint density at radius 1 is 1.25 bits per heavy atom. The van der Waals surface area contributed by atoms with E-state index in [0.717, 1.165) is 39.3 Å². The van der Waals surface area contributed by atoms with Crippen molar-refractivity contribution >= 4 is 0 Å². The number of hydrogen-bond acceptors (Lipinski definition) is 3. The van der Waals surface area contributed by atoms with Crippen molar-refractivity contribution in [3.8, 4) is 0 Å². The summed E-state index contributed by atoms with van der Waals surface area (Å²) in [5.74, 6) is 0. The molecule has 0 heterocycles. The van der Waals surface area contributed by atoms with E-state index in [4.69, 9.17) is 4.74 Å². The molecule has 0 aliphatic rings. The summed E-state index contributed by atoms with van der Waals surface area (Å²) in [6.07, 6.45) is 1.16. The van der Waals surface area contributed by atoms with Crippen LogP contribution in [0.2, 0.25) is 0 Å². The molecule has 1 aromatic carbocycles. The molecule has 0 aliphatic carbocycles. The van der Waals surface area contributed by atoms with Crippen LogP contribution in [0, 0.1) is 6.92 Å². The second kappa shape index (κ2) is 9.92. The van der Waals surface area contributed by atoms with Gasteiger partial charge in [-0.2, -0.15) is 0 Å². The molecule has 0 saturated carbocycles. The Kier molecular flexibility index (Phi) is 8.51. The van der Waals surface area contributed by atoms with E-state index in [1.807, 2.05) is 6.92 Å². The Hall–Kier alpha value is -0.900. The molecule has 3 heteroatoms. The minimum Gasteiger partial charge on any atom is -0.380 e. The Morgan fingerprint density at radius 2 is 2.00 bits per heavy atom. The van der Waals surface area contributed by atoms with Crippen LogP contribution in [-0.4, -0.2) is 44.8 Å². The summed E-state index contributed by atoms with van der Waals surface area (Å²) in [6.45, 7) is 11.1. The standard InChI is InChI=1S/C17H30N2O/c1-5-11-18-17(14-19(4)12-13-20-6-2)16-10-8-7-9-15(16)3/h7-10,17-18H,5-6,11-14H2,1-4H3. The van der Waals surface area contributed by atoms with Crippen molar-refractivity contribution in [1.82, 2.24) is 10.2 Å². The molecule has 0 saturated heterocycles. The molecule has 3 nitrogen and oxygen atoms in total. The van der Waals surface area contributed by atoms with Gasteiger partial charge in [-0.1, -0.05) is 31.2 Å². The van der Waals surface area contributed by atoms with E-state index in [1.165, 1.54) is 11.1 Å². The Bertz CT molecular complexity index is 368. The van der Waals surface area contributed by atoms with E-state index in [9.17, 15) is 0 Å². The smallest absolute Gasteiger partial charge is 0.0593 e. The number of nitrogens with one attached hydrogen (secondary N) is 1. The van der Waals surface area contributed by atoms with Gasteiger partial charge in [0.15, 0.2) is 0 Å². The van der Waals surface area contributed by atoms with Crippen LogP contribution in [0.4, 0.5) is 0 Å². The first-order chi connectivity index (χ1) is 9.69. The molecule has 0 aromatic heterocycles. The lowest BCUT2D eigenvalue weighted by Gasteiger charge is -2.26. The molecule has 114 valence electrons. The summed E-state index contributed by atoms with van der Waals surface area (Å²) < 4.78 is 5.43. The fourth-order valence-corrected chi connectivity index (χ4v) is 2.34. The van der Waals surface area contributed by atoms with Gasteiger partial charge in [0.1, 0.15) is 0 Å². The highest BCUT2D eigenvalue weighted by molar-refractivity contribution is 5.29. The Labute approximate surface area is 124 Å². The topological polar surface area (TPSA) is 24.5 Å². The Morgan fingerprint density at radius 3 is 2.65 bits per heavy atom. The highest BCUT2D eigenvalue weighted by Crippen LogP contribution is 2.18. The zero-order valence-corrected chi connectivity index (χ0v) is 13.5. The van der Waals surface area contributed by atoms with E-state index in [-0.39, 0.29) is 0 Å². The van der Waals surface area contributed by atoms with Crippen molar-refractivity contribution in [2.75, 3.05) is 39.9 Å². The lowest BCUT2D eigenvalue weighted by atomic mass is 10.0. The predicted octanol–water partition coefficient (Wildman–Crippen LogP) is 3.00. The lowest BCUT2D eigenvalue weighted by Crippen LogP contribution is -2.35.